The molecule has 1 aromatic carbocycles. The number of benzene rings is 1. The van der Waals surface area contributed by atoms with Crippen molar-refractivity contribution < 1.29 is 23.2 Å². The Morgan fingerprint density at radius 1 is 1.47 bits per heavy atom. The molecule has 1 rings (SSSR count). The lowest BCUT2D eigenvalue weighted by molar-refractivity contribution is -0.137. The van der Waals surface area contributed by atoms with Crippen LogP contribution in [-0.2, 0) is 11.0 Å². The maximum Gasteiger partial charge on any atom is 0.416 e. The van der Waals surface area contributed by atoms with Crippen molar-refractivity contribution in [1.82, 2.24) is 0 Å². The molecule has 0 radical (unpaired) electrons. The number of rotatable bonds is 2. The van der Waals surface area contributed by atoms with Crippen LogP contribution in [0.4, 0.5) is 18.9 Å². The molecular weight excluding hydrogens is 237 g/mol. The van der Waals surface area contributed by atoms with Crippen LogP contribution in [0.1, 0.15) is 11.1 Å². The van der Waals surface area contributed by atoms with Gasteiger partial charge in [0.05, 0.1) is 5.56 Å². The zero-order chi connectivity index (χ0) is 13.1. The number of oxime groups is 1. The molecule has 7 heteroatoms. The highest BCUT2D eigenvalue weighted by molar-refractivity contribution is 6.31. The fraction of sp³-hybridized carbons (Fsp3) is 0.200. The molecule has 0 aliphatic rings. The Kier molecular flexibility index (Phi) is 3.72. The monoisotopic (exact) mass is 246 g/mol. The SMILES string of the molecule is Cc1cc(C(F)(F)F)ccc1NC(=O)C=NO. The Balaban J connectivity index is 2.95. The highest BCUT2D eigenvalue weighted by Crippen LogP contribution is 2.31. The van der Waals surface area contributed by atoms with Gasteiger partial charge in [0.2, 0.25) is 0 Å². The second-order valence-electron chi connectivity index (χ2n) is 3.26. The van der Waals surface area contributed by atoms with E-state index in [1.54, 1.807) is 0 Å². The Bertz CT molecular complexity index is 455. The van der Waals surface area contributed by atoms with E-state index >= 15 is 0 Å². The van der Waals surface area contributed by atoms with Crippen molar-refractivity contribution in [2.24, 2.45) is 5.16 Å². The first-order valence-electron chi connectivity index (χ1n) is 4.51. The molecule has 0 fully saturated rings. The maximum absolute atomic E-state index is 12.3. The van der Waals surface area contributed by atoms with Crippen LogP contribution in [0.5, 0.6) is 0 Å². The number of amides is 1. The molecule has 0 saturated heterocycles. The summed E-state index contributed by atoms with van der Waals surface area (Å²) >= 11 is 0. The molecule has 17 heavy (non-hydrogen) atoms. The number of hydrogen-bond donors (Lipinski definition) is 2. The lowest BCUT2D eigenvalue weighted by Crippen LogP contribution is -2.14. The van der Waals surface area contributed by atoms with Crippen LogP contribution in [0.25, 0.3) is 0 Å². The molecule has 0 aliphatic heterocycles. The smallest absolute Gasteiger partial charge is 0.411 e. The van der Waals surface area contributed by atoms with E-state index in [4.69, 9.17) is 5.21 Å². The minimum atomic E-state index is -4.42. The first kappa shape index (κ1) is 13.0. The second kappa shape index (κ2) is 4.86. The molecule has 1 amide bonds. The van der Waals surface area contributed by atoms with Gasteiger partial charge in [-0.2, -0.15) is 13.2 Å². The molecule has 0 unspecified atom stereocenters. The van der Waals surface area contributed by atoms with Gasteiger partial charge in [-0.1, -0.05) is 5.16 Å². The van der Waals surface area contributed by atoms with Crippen LogP contribution < -0.4 is 5.32 Å². The van der Waals surface area contributed by atoms with Crippen molar-refractivity contribution >= 4 is 17.8 Å². The van der Waals surface area contributed by atoms with Crippen LogP contribution in [0.3, 0.4) is 0 Å². The van der Waals surface area contributed by atoms with E-state index in [-0.39, 0.29) is 11.3 Å². The van der Waals surface area contributed by atoms with Gasteiger partial charge in [-0.3, -0.25) is 4.79 Å². The van der Waals surface area contributed by atoms with Gasteiger partial charge in [0.25, 0.3) is 5.91 Å². The number of carbonyl (C=O) groups excluding carboxylic acids is 1. The van der Waals surface area contributed by atoms with Crippen LogP contribution in [-0.4, -0.2) is 17.3 Å². The standard InChI is InChI=1S/C10H9F3N2O2/c1-6-4-7(10(11,12)13)2-3-8(6)15-9(16)5-14-17/h2-5,17H,1H3,(H,15,16). The number of alkyl halides is 3. The normalized spacial score (nSPS) is 11.8. The molecule has 1 aromatic rings. The molecule has 2 N–H and O–H groups in total. The van der Waals surface area contributed by atoms with Crippen molar-refractivity contribution in [2.45, 2.75) is 13.1 Å². The fourth-order valence-corrected chi connectivity index (χ4v) is 1.20. The molecular formula is C10H9F3N2O2. The summed E-state index contributed by atoms with van der Waals surface area (Å²) in [6, 6.07) is 2.92. The molecule has 4 nitrogen and oxygen atoms in total. The number of nitrogens with one attached hydrogen (secondary N) is 1. The molecule has 0 heterocycles. The molecule has 0 bridgehead atoms. The summed E-state index contributed by atoms with van der Waals surface area (Å²) in [4.78, 5) is 11.0. The minimum absolute atomic E-state index is 0.225. The number of halogens is 3. The molecule has 92 valence electrons. The highest BCUT2D eigenvalue weighted by atomic mass is 19.4. The van der Waals surface area contributed by atoms with E-state index < -0.39 is 17.6 Å². The Hall–Kier alpha value is -2.05. The first-order chi connectivity index (χ1) is 7.84. The average Bonchev–Trinajstić information content (AvgIpc) is 2.20. The Morgan fingerprint density at radius 3 is 2.59 bits per heavy atom. The van der Waals surface area contributed by atoms with E-state index in [0.717, 1.165) is 18.2 Å². The number of nitrogens with zero attached hydrogens (tertiary/aromatic N) is 1. The third-order valence-corrected chi connectivity index (χ3v) is 1.99. The maximum atomic E-state index is 12.3. The Labute approximate surface area is 94.7 Å². The topological polar surface area (TPSA) is 61.7 Å². The van der Waals surface area contributed by atoms with Crippen LogP contribution in [0.15, 0.2) is 23.4 Å². The number of carbonyl (C=O) groups is 1. The summed E-state index contributed by atoms with van der Waals surface area (Å²) in [5.41, 5.74) is -0.300. The molecule has 0 aliphatic carbocycles. The van der Waals surface area contributed by atoms with E-state index in [0.29, 0.717) is 6.21 Å². The molecule has 0 spiro atoms. The third kappa shape index (κ3) is 3.47. The Morgan fingerprint density at radius 2 is 2.12 bits per heavy atom. The van der Waals surface area contributed by atoms with E-state index in [2.05, 4.69) is 10.5 Å². The van der Waals surface area contributed by atoms with E-state index in [1.165, 1.54) is 6.92 Å². The average molecular weight is 246 g/mol. The summed E-state index contributed by atoms with van der Waals surface area (Å²) in [6.45, 7) is 1.43. The van der Waals surface area contributed by atoms with Gasteiger partial charge >= 0.3 is 6.18 Å². The van der Waals surface area contributed by atoms with Crippen LogP contribution >= 0.6 is 0 Å². The van der Waals surface area contributed by atoms with Crippen molar-refractivity contribution in [2.75, 3.05) is 5.32 Å². The van der Waals surface area contributed by atoms with Gasteiger partial charge in [0.15, 0.2) is 0 Å². The number of aryl methyl sites for hydroxylation is 1. The zero-order valence-corrected chi connectivity index (χ0v) is 8.75. The first-order valence-corrected chi connectivity index (χ1v) is 4.51. The largest absolute Gasteiger partial charge is 0.416 e. The van der Waals surface area contributed by atoms with Gasteiger partial charge in [-0.05, 0) is 30.7 Å². The highest BCUT2D eigenvalue weighted by Gasteiger charge is 2.30. The third-order valence-electron chi connectivity index (χ3n) is 1.99. The lowest BCUT2D eigenvalue weighted by atomic mass is 10.1. The van der Waals surface area contributed by atoms with Gasteiger partial charge in [-0.25, -0.2) is 0 Å². The van der Waals surface area contributed by atoms with Gasteiger partial charge in [0.1, 0.15) is 6.21 Å². The predicted octanol–water partition coefficient (Wildman–Crippen LogP) is 2.41. The summed E-state index contributed by atoms with van der Waals surface area (Å²) < 4.78 is 37.0. The van der Waals surface area contributed by atoms with E-state index in [1.807, 2.05) is 0 Å². The van der Waals surface area contributed by atoms with E-state index in [9.17, 15) is 18.0 Å². The fourth-order valence-electron chi connectivity index (χ4n) is 1.20. The summed E-state index contributed by atoms with van der Waals surface area (Å²) in [5.74, 6) is -0.727. The number of anilines is 1. The predicted molar refractivity (Wildman–Crippen MR) is 55.1 cm³/mol. The van der Waals surface area contributed by atoms with Crippen molar-refractivity contribution in [3.8, 4) is 0 Å². The van der Waals surface area contributed by atoms with Crippen LogP contribution in [0, 0.1) is 6.92 Å². The van der Waals surface area contributed by atoms with Crippen LogP contribution in [0.2, 0.25) is 0 Å². The summed E-state index contributed by atoms with van der Waals surface area (Å²) in [5, 5.41) is 12.9. The molecule has 0 aromatic heterocycles. The molecule has 0 atom stereocenters. The zero-order valence-electron chi connectivity index (χ0n) is 8.75. The van der Waals surface area contributed by atoms with Gasteiger partial charge < -0.3 is 10.5 Å². The second-order valence-corrected chi connectivity index (χ2v) is 3.26. The van der Waals surface area contributed by atoms with Crippen molar-refractivity contribution in [3.63, 3.8) is 0 Å². The van der Waals surface area contributed by atoms with Crippen molar-refractivity contribution in [1.29, 1.82) is 0 Å². The minimum Gasteiger partial charge on any atom is -0.411 e. The number of hydrogen-bond acceptors (Lipinski definition) is 3. The van der Waals surface area contributed by atoms with Gasteiger partial charge in [0, 0.05) is 5.69 Å². The van der Waals surface area contributed by atoms with Gasteiger partial charge in [-0.15, -0.1) is 0 Å². The lowest BCUT2D eigenvalue weighted by Gasteiger charge is -2.10. The van der Waals surface area contributed by atoms with Crippen molar-refractivity contribution in [3.05, 3.63) is 29.3 Å². The quantitative estimate of drug-likeness (QED) is 0.478. The molecule has 0 saturated carbocycles. The summed E-state index contributed by atoms with van der Waals surface area (Å²) in [6.07, 6.45) is -3.81. The summed E-state index contributed by atoms with van der Waals surface area (Å²) in [7, 11) is 0.